The fraction of sp³-hybridized carbons (Fsp3) is 0.320. The molecule has 0 amide bonds. The van der Waals surface area contributed by atoms with Crippen LogP contribution in [0.1, 0.15) is 21.5 Å². The number of carbonyl (C=O) groups is 1. The van der Waals surface area contributed by atoms with E-state index in [9.17, 15) is 9.90 Å². The van der Waals surface area contributed by atoms with Crippen molar-refractivity contribution in [1.29, 1.82) is 0 Å². The molecule has 1 fully saturated rings. The number of hydrogen-bond acceptors (Lipinski definition) is 4. The number of nitrogens with zero attached hydrogens (tertiary/aromatic N) is 1. The summed E-state index contributed by atoms with van der Waals surface area (Å²) in [7, 11) is 0. The van der Waals surface area contributed by atoms with Gasteiger partial charge in [0.15, 0.2) is 0 Å². The quantitative estimate of drug-likeness (QED) is 0.585. The molecule has 5 heteroatoms. The molecular weight excluding hydrogens is 376 g/mol. The van der Waals surface area contributed by atoms with Crippen LogP contribution in [0.4, 0.5) is 5.69 Å². The molecule has 0 bridgehead atoms. The summed E-state index contributed by atoms with van der Waals surface area (Å²) in [5.41, 5.74) is 3.60. The van der Waals surface area contributed by atoms with Gasteiger partial charge in [-0.15, -0.1) is 0 Å². The fourth-order valence-electron chi connectivity index (χ4n) is 4.14. The summed E-state index contributed by atoms with van der Waals surface area (Å²) in [4.78, 5) is 13.6. The van der Waals surface area contributed by atoms with Crippen LogP contribution >= 0.6 is 0 Å². The van der Waals surface area contributed by atoms with Crippen LogP contribution in [-0.4, -0.2) is 50.0 Å². The average molecular weight is 405 g/mol. The molecule has 2 N–H and O–H groups in total. The number of anilines is 1. The predicted octanol–water partition coefficient (Wildman–Crippen LogP) is 3.88. The van der Waals surface area contributed by atoms with Gasteiger partial charge in [0.25, 0.3) is 0 Å². The van der Waals surface area contributed by atoms with Crippen molar-refractivity contribution < 1.29 is 14.6 Å². The van der Waals surface area contributed by atoms with E-state index < -0.39 is 5.97 Å². The van der Waals surface area contributed by atoms with E-state index in [1.54, 1.807) is 12.1 Å². The second kappa shape index (κ2) is 9.28. The third-order valence-corrected chi connectivity index (χ3v) is 5.64. The molecule has 0 aromatic heterocycles. The van der Waals surface area contributed by atoms with Crippen molar-refractivity contribution in [2.75, 3.05) is 37.7 Å². The second-order valence-electron chi connectivity index (χ2n) is 7.89. The zero-order valence-electron chi connectivity index (χ0n) is 17.3. The Labute approximate surface area is 177 Å². The van der Waals surface area contributed by atoms with Gasteiger partial charge in [0, 0.05) is 25.3 Å². The van der Waals surface area contributed by atoms with Crippen molar-refractivity contribution in [3.05, 3.63) is 77.4 Å². The average Bonchev–Trinajstić information content (AvgIpc) is 2.76. The Morgan fingerprint density at radius 1 is 1.17 bits per heavy atom. The van der Waals surface area contributed by atoms with Crippen molar-refractivity contribution in [3.63, 3.8) is 0 Å². The Morgan fingerprint density at radius 3 is 2.87 bits per heavy atom. The zero-order valence-corrected chi connectivity index (χ0v) is 17.3. The summed E-state index contributed by atoms with van der Waals surface area (Å²) in [6, 6.07) is 20.5. The Kier molecular flexibility index (Phi) is 6.31. The predicted molar refractivity (Wildman–Crippen MR) is 121 cm³/mol. The highest BCUT2D eigenvalue weighted by Gasteiger charge is 2.21. The van der Waals surface area contributed by atoms with Crippen molar-refractivity contribution in [2.45, 2.75) is 19.4 Å². The summed E-state index contributed by atoms with van der Waals surface area (Å²) in [5, 5.41) is 15.5. The van der Waals surface area contributed by atoms with Gasteiger partial charge in [-0.1, -0.05) is 42.5 Å². The number of benzene rings is 3. The molecule has 0 radical (unpaired) electrons. The summed E-state index contributed by atoms with van der Waals surface area (Å²) >= 11 is 0. The molecule has 1 atom stereocenters. The van der Waals surface area contributed by atoms with E-state index in [0.29, 0.717) is 12.2 Å². The lowest BCUT2D eigenvalue weighted by molar-refractivity contribution is 0.0411. The Morgan fingerprint density at radius 2 is 2.00 bits per heavy atom. The van der Waals surface area contributed by atoms with E-state index in [4.69, 9.17) is 4.74 Å². The smallest absolute Gasteiger partial charge is 0.335 e. The van der Waals surface area contributed by atoms with Crippen molar-refractivity contribution >= 4 is 22.4 Å². The van der Waals surface area contributed by atoms with Gasteiger partial charge >= 0.3 is 5.97 Å². The van der Waals surface area contributed by atoms with Crippen LogP contribution in [0.15, 0.2) is 60.7 Å². The minimum Gasteiger partial charge on any atom is -0.478 e. The topological polar surface area (TPSA) is 61.8 Å². The van der Waals surface area contributed by atoms with Gasteiger partial charge < -0.3 is 20.1 Å². The van der Waals surface area contributed by atoms with Gasteiger partial charge in [-0.3, -0.25) is 0 Å². The first-order valence-corrected chi connectivity index (χ1v) is 10.5. The van der Waals surface area contributed by atoms with E-state index in [-0.39, 0.29) is 6.10 Å². The van der Waals surface area contributed by atoms with Crippen molar-refractivity contribution in [1.82, 2.24) is 5.32 Å². The van der Waals surface area contributed by atoms with E-state index in [0.717, 1.165) is 43.9 Å². The maximum atomic E-state index is 11.4. The number of aromatic carboxylic acids is 1. The maximum Gasteiger partial charge on any atom is 0.335 e. The third kappa shape index (κ3) is 4.81. The number of morpholine rings is 1. The van der Waals surface area contributed by atoms with Crippen LogP contribution in [0, 0.1) is 6.92 Å². The minimum atomic E-state index is -0.889. The minimum absolute atomic E-state index is 0.0834. The fourth-order valence-corrected chi connectivity index (χ4v) is 4.14. The van der Waals surface area contributed by atoms with E-state index in [2.05, 4.69) is 52.7 Å². The number of aryl methyl sites for hydroxylation is 1. The Hall–Kier alpha value is -2.89. The highest BCUT2D eigenvalue weighted by molar-refractivity contribution is 5.89. The van der Waals surface area contributed by atoms with Gasteiger partial charge in [-0.25, -0.2) is 4.79 Å². The molecule has 1 heterocycles. The molecule has 3 aromatic carbocycles. The van der Waals surface area contributed by atoms with Gasteiger partial charge in [0.05, 0.1) is 18.3 Å². The van der Waals surface area contributed by atoms with Crippen molar-refractivity contribution in [2.24, 2.45) is 0 Å². The molecule has 5 nitrogen and oxygen atoms in total. The number of hydrogen-bond donors (Lipinski definition) is 2. The molecule has 1 saturated heterocycles. The molecule has 4 rings (SSSR count). The lowest BCUT2D eigenvalue weighted by atomic mass is 10.0. The number of nitrogens with one attached hydrogen (secondary N) is 1. The molecule has 156 valence electrons. The largest absolute Gasteiger partial charge is 0.478 e. The SMILES string of the molecule is Cc1cc(C(=O)O)cc(N2CCOC(CNCCc3cccc4ccccc34)C2)c1. The highest BCUT2D eigenvalue weighted by Crippen LogP contribution is 2.22. The summed E-state index contributed by atoms with van der Waals surface area (Å²) in [6.45, 7) is 5.77. The lowest BCUT2D eigenvalue weighted by Gasteiger charge is -2.35. The highest BCUT2D eigenvalue weighted by atomic mass is 16.5. The number of fused-ring (bicyclic) bond motifs is 1. The molecule has 0 aliphatic carbocycles. The molecule has 30 heavy (non-hydrogen) atoms. The van der Waals surface area contributed by atoms with Crippen LogP contribution < -0.4 is 10.2 Å². The first-order valence-electron chi connectivity index (χ1n) is 10.5. The molecule has 0 saturated carbocycles. The summed E-state index contributed by atoms with van der Waals surface area (Å²) in [6.07, 6.45) is 1.05. The van der Waals surface area contributed by atoms with E-state index in [1.807, 2.05) is 13.0 Å². The van der Waals surface area contributed by atoms with E-state index in [1.165, 1.54) is 16.3 Å². The van der Waals surface area contributed by atoms with Gasteiger partial charge in [-0.05, 0) is 60.0 Å². The number of rotatable bonds is 7. The molecule has 1 aliphatic heterocycles. The maximum absolute atomic E-state index is 11.4. The molecule has 0 spiro atoms. The first-order chi connectivity index (χ1) is 14.6. The molecular formula is C25H28N2O3. The van der Waals surface area contributed by atoms with Crippen LogP contribution in [0.5, 0.6) is 0 Å². The molecule has 3 aromatic rings. The van der Waals surface area contributed by atoms with Gasteiger partial charge in [-0.2, -0.15) is 0 Å². The van der Waals surface area contributed by atoms with E-state index >= 15 is 0 Å². The third-order valence-electron chi connectivity index (χ3n) is 5.64. The monoisotopic (exact) mass is 404 g/mol. The van der Waals surface area contributed by atoms with Crippen LogP contribution in [0.3, 0.4) is 0 Å². The standard InChI is InChI=1S/C25H28N2O3/c1-18-13-21(25(28)29)15-22(14-18)27-11-12-30-23(17-27)16-26-10-9-20-7-4-6-19-5-2-3-8-24(19)20/h2-8,13-15,23,26H,9-12,16-17H2,1H3,(H,28,29). The lowest BCUT2D eigenvalue weighted by Crippen LogP contribution is -2.47. The normalized spacial score (nSPS) is 16.7. The van der Waals surface area contributed by atoms with Crippen LogP contribution in [0.2, 0.25) is 0 Å². The van der Waals surface area contributed by atoms with Crippen LogP contribution in [0.25, 0.3) is 10.8 Å². The first kappa shape index (κ1) is 20.4. The number of carboxylic acids is 1. The van der Waals surface area contributed by atoms with Gasteiger partial charge in [0.2, 0.25) is 0 Å². The molecule has 1 aliphatic rings. The van der Waals surface area contributed by atoms with Crippen LogP contribution in [-0.2, 0) is 11.2 Å². The summed E-state index contributed by atoms with van der Waals surface area (Å²) in [5.74, 6) is -0.889. The zero-order chi connectivity index (χ0) is 20.9. The number of ether oxygens (including phenoxy) is 1. The number of carboxylic acid groups (broad SMARTS) is 1. The Bertz CT molecular complexity index is 1030. The molecule has 1 unspecified atom stereocenters. The summed E-state index contributed by atoms with van der Waals surface area (Å²) < 4.78 is 5.94. The Balaban J connectivity index is 1.32. The second-order valence-corrected chi connectivity index (χ2v) is 7.89. The van der Waals surface area contributed by atoms with Crippen molar-refractivity contribution in [3.8, 4) is 0 Å². The van der Waals surface area contributed by atoms with Gasteiger partial charge in [0.1, 0.15) is 0 Å².